The van der Waals surface area contributed by atoms with E-state index in [1.54, 1.807) is 0 Å². The van der Waals surface area contributed by atoms with Gasteiger partial charge in [-0.05, 0) is 168 Å². The molecule has 0 heteroatoms. The first-order chi connectivity index (χ1) is 39.0. The molecule has 0 nitrogen and oxygen atoms in total. The Morgan fingerprint density at radius 2 is 0.519 bits per heavy atom. The van der Waals surface area contributed by atoms with Crippen molar-refractivity contribution in [2.75, 3.05) is 0 Å². The summed E-state index contributed by atoms with van der Waals surface area (Å²) in [4.78, 5) is 0. The largest absolute Gasteiger partial charge is 0.0725 e. The van der Waals surface area contributed by atoms with Crippen LogP contribution in [0.2, 0.25) is 0 Å². The van der Waals surface area contributed by atoms with E-state index in [0.717, 1.165) is 0 Å². The highest BCUT2D eigenvalue weighted by molar-refractivity contribution is 5.95. The molecular weight excluding hydrogens is 973 g/mol. The van der Waals surface area contributed by atoms with Crippen LogP contribution in [0.15, 0.2) is 255 Å². The monoisotopic (exact) mass is 1050 g/mol. The van der Waals surface area contributed by atoms with E-state index >= 15 is 0 Å². The van der Waals surface area contributed by atoms with Crippen molar-refractivity contribution >= 4 is 0 Å². The molecule has 0 heterocycles. The molecule has 3 aliphatic carbocycles. The third-order valence-electron chi connectivity index (χ3n) is 17.0. The van der Waals surface area contributed by atoms with Crippen LogP contribution in [0.25, 0.3) is 33.4 Å². The third-order valence-corrected chi connectivity index (χ3v) is 17.0. The van der Waals surface area contributed by atoms with Crippen LogP contribution in [-0.4, -0.2) is 0 Å². The van der Waals surface area contributed by atoms with E-state index < -0.39 is 0 Å². The molecular formula is C81H78. The van der Waals surface area contributed by atoms with Crippen molar-refractivity contribution < 1.29 is 0 Å². The fraction of sp³-hybridized carbons (Fsp3) is 0.185. The first kappa shape index (κ1) is 55.7. The Hall–Kier alpha value is -8.58. The molecule has 0 aromatic heterocycles. The minimum Gasteiger partial charge on any atom is -0.0622 e. The highest BCUT2D eigenvalue weighted by atomic mass is 14.5. The Bertz CT molecular complexity index is 3730. The summed E-state index contributed by atoms with van der Waals surface area (Å²) in [6.07, 6.45) is 0. The standard InChI is InChI=1S/C26H18.C26H20.C11H16.C10H14.C8H10/c1-17-14-15-21-20-10-4-7-13-24(20)26(25(21)16-17)22-11-5-2-8-18(22)19-9-3-6-12-23(19)26;1-19-16-17-23-22-14-8-9-15-24(22)26(25(23)18-19,20-10-4-2-5-11-20)21-12-6-3-7-13-21;1-9-5-7-10(8-6-9)11(2,3)4;1-7-5-8(2)10(4)9(3)6-7;1-7-3-5-8(2)6-4-7/h2-16H,1H3;2-18H,1H3;5-8H,1-4H3;5-6H,1-4H3;3-6H,1-2H3. The van der Waals surface area contributed by atoms with Gasteiger partial charge in [0.1, 0.15) is 0 Å². The fourth-order valence-corrected chi connectivity index (χ4v) is 12.7. The number of fused-ring (bicyclic) bond motifs is 13. The van der Waals surface area contributed by atoms with Crippen molar-refractivity contribution in [3.05, 3.63) is 355 Å². The second-order valence-corrected chi connectivity index (χ2v) is 23.8. The lowest BCUT2D eigenvalue weighted by molar-refractivity contribution is 0.590. The molecule has 81 heavy (non-hydrogen) atoms. The summed E-state index contributed by atoms with van der Waals surface area (Å²) < 4.78 is 0. The molecule has 0 bridgehead atoms. The fourth-order valence-electron chi connectivity index (χ4n) is 12.7. The van der Waals surface area contributed by atoms with Crippen LogP contribution in [0.4, 0.5) is 0 Å². The predicted molar refractivity (Wildman–Crippen MR) is 347 cm³/mol. The van der Waals surface area contributed by atoms with E-state index in [1.165, 1.54) is 134 Å². The molecule has 11 aromatic rings. The maximum absolute atomic E-state index is 2.40. The second kappa shape index (κ2) is 23.3. The minimum absolute atomic E-state index is 0.189. The van der Waals surface area contributed by atoms with Gasteiger partial charge in [-0.15, -0.1) is 0 Å². The van der Waals surface area contributed by atoms with Gasteiger partial charge < -0.3 is 0 Å². The van der Waals surface area contributed by atoms with Crippen LogP contribution in [0.1, 0.15) is 121 Å². The molecule has 14 rings (SSSR count). The van der Waals surface area contributed by atoms with Crippen LogP contribution in [-0.2, 0) is 16.2 Å². The molecule has 0 fully saturated rings. The third kappa shape index (κ3) is 10.7. The number of rotatable bonds is 2. The molecule has 0 aliphatic heterocycles. The van der Waals surface area contributed by atoms with Gasteiger partial charge in [-0.3, -0.25) is 0 Å². The van der Waals surface area contributed by atoms with Gasteiger partial charge in [0.05, 0.1) is 10.8 Å². The number of aryl methyl sites for hydroxylation is 8. The average molecular weight is 1050 g/mol. The SMILES string of the molecule is Cc1cc(C)c(C)c(C)c1.Cc1ccc(C(C)(C)C)cc1.Cc1ccc(C)cc1.Cc1ccc2c(c1)C(c1ccccc1)(c1ccccc1)c1ccccc1-2.Cc1ccc2c(c1)C1(c3ccccc3-c3ccccc31)c1ccccc1-2. The summed E-state index contributed by atoms with van der Waals surface area (Å²) in [6.45, 7) is 26.0. The van der Waals surface area contributed by atoms with Crippen LogP contribution in [0.5, 0.6) is 0 Å². The molecule has 0 saturated carbocycles. The number of hydrogen-bond donors (Lipinski definition) is 0. The van der Waals surface area contributed by atoms with Gasteiger partial charge in [0.15, 0.2) is 0 Å². The first-order valence-electron chi connectivity index (χ1n) is 28.9. The van der Waals surface area contributed by atoms with Gasteiger partial charge in [0.2, 0.25) is 0 Å². The van der Waals surface area contributed by atoms with E-state index in [0.29, 0.717) is 0 Å². The van der Waals surface area contributed by atoms with E-state index in [9.17, 15) is 0 Å². The highest BCUT2D eigenvalue weighted by Gasteiger charge is 2.51. The lowest BCUT2D eigenvalue weighted by atomic mass is 9.67. The quantitative estimate of drug-likeness (QED) is 0.162. The second-order valence-electron chi connectivity index (χ2n) is 23.8. The lowest BCUT2D eigenvalue weighted by Crippen LogP contribution is -2.28. The van der Waals surface area contributed by atoms with E-state index in [-0.39, 0.29) is 16.2 Å². The van der Waals surface area contributed by atoms with Crippen molar-refractivity contribution in [1.82, 2.24) is 0 Å². The van der Waals surface area contributed by atoms with Gasteiger partial charge in [-0.2, -0.15) is 0 Å². The molecule has 0 amide bonds. The zero-order valence-electron chi connectivity index (χ0n) is 49.7. The molecule has 0 atom stereocenters. The van der Waals surface area contributed by atoms with E-state index in [1.807, 2.05) is 0 Å². The van der Waals surface area contributed by atoms with Crippen LogP contribution < -0.4 is 0 Å². The topological polar surface area (TPSA) is 0 Å². The predicted octanol–water partition coefficient (Wildman–Crippen LogP) is 21.2. The maximum Gasteiger partial charge on any atom is 0.0725 e. The first-order valence-corrected chi connectivity index (χ1v) is 28.9. The van der Waals surface area contributed by atoms with Gasteiger partial charge in [0, 0.05) is 0 Å². The van der Waals surface area contributed by atoms with Gasteiger partial charge >= 0.3 is 0 Å². The number of benzene rings is 11. The summed E-state index contributed by atoms with van der Waals surface area (Å²) in [7, 11) is 0. The van der Waals surface area contributed by atoms with E-state index in [4.69, 9.17) is 0 Å². The lowest BCUT2D eigenvalue weighted by Gasteiger charge is -2.34. The normalized spacial score (nSPS) is 12.9. The van der Waals surface area contributed by atoms with Gasteiger partial charge in [-0.25, -0.2) is 0 Å². The Morgan fingerprint density at radius 3 is 0.877 bits per heavy atom. The molecule has 0 saturated heterocycles. The van der Waals surface area contributed by atoms with Gasteiger partial charge in [-0.1, -0.05) is 309 Å². The molecule has 0 unspecified atom stereocenters. The summed E-state index contributed by atoms with van der Waals surface area (Å²) in [5.41, 5.74) is 32.7. The van der Waals surface area contributed by atoms with E-state index in [2.05, 4.69) is 338 Å². The van der Waals surface area contributed by atoms with Crippen LogP contribution in [0, 0.1) is 62.3 Å². The Balaban J connectivity index is 0.000000124. The molecule has 402 valence electrons. The molecule has 0 radical (unpaired) electrons. The minimum atomic E-state index is -0.263. The molecule has 11 aromatic carbocycles. The maximum atomic E-state index is 2.40. The van der Waals surface area contributed by atoms with Crippen LogP contribution in [0.3, 0.4) is 0 Å². The molecule has 3 aliphatic rings. The van der Waals surface area contributed by atoms with Crippen molar-refractivity contribution in [1.29, 1.82) is 0 Å². The Labute approximate surface area is 484 Å². The molecule has 1 spiro atoms. The van der Waals surface area contributed by atoms with Crippen LogP contribution >= 0.6 is 0 Å². The Kier molecular flexibility index (Phi) is 16.0. The van der Waals surface area contributed by atoms with Crippen molar-refractivity contribution in [2.45, 2.75) is 99.3 Å². The van der Waals surface area contributed by atoms with Gasteiger partial charge in [0.25, 0.3) is 0 Å². The van der Waals surface area contributed by atoms with Crippen molar-refractivity contribution in [3.8, 4) is 33.4 Å². The Morgan fingerprint density at radius 1 is 0.235 bits per heavy atom. The smallest absolute Gasteiger partial charge is 0.0622 e. The summed E-state index contributed by atoms with van der Waals surface area (Å²) in [6, 6.07) is 93.1. The summed E-state index contributed by atoms with van der Waals surface area (Å²) >= 11 is 0. The zero-order chi connectivity index (χ0) is 57.1. The number of hydrogen-bond acceptors (Lipinski definition) is 0. The molecule has 0 N–H and O–H groups in total. The van der Waals surface area contributed by atoms with Crippen molar-refractivity contribution in [3.63, 3.8) is 0 Å². The van der Waals surface area contributed by atoms with Crippen molar-refractivity contribution in [2.24, 2.45) is 0 Å². The summed E-state index contributed by atoms with van der Waals surface area (Å²) in [5, 5.41) is 0. The summed E-state index contributed by atoms with van der Waals surface area (Å²) in [5.74, 6) is 0. The average Bonchev–Trinajstić information content (AvgIpc) is 2.33. The highest BCUT2D eigenvalue weighted by Crippen LogP contribution is 2.63. The zero-order valence-corrected chi connectivity index (χ0v) is 49.7.